The summed E-state index contributed by atoms with van der Waals surface area (Å²) < 4.78 is 13.7. The molecular formula is C14H16FNO3. The Morgan fingerprint density at radius 1 is 1.47 bits per heavy atom. The highest BCUT2D eigenvalue weighted by Crippen LogP contribution is 2.24. The molecule has 0 spiro atoms. The van der Waals surface area contributed by atoms with E-state index in [1.165, 1.54) is 17.0 Å². The number of benzene rings is 1. The minimum Gasteiger partial charge on any atom is -0.481 e. The molecule has 0 aromatic heterocycles. The van der Waals surface area contributed by atoms with Gasteiger partial charge in [0.25, 0.3) is 5.91 Å². The lowest BCUT2D eigenvalue weighted by molar-refractivity contribution is -0.137. The van der Waals surface area contributed by atoms with Gasteiger partial charge in [-0.3, -0.25) is 9.59 Å². The number of likely N-dealkylation sites (tertiary alicyclic amines) is 1. The van der Waals surface area contributed by atoms with Crippen LogP contribution >= 0.6 is 0 Å². The number of carboxylic acids is 1. The van der Waals surface area contributed by atoms with Crippen molar-refractivity contribution in [1.82, 2.24) is 4.90 Å². The fourth-order valence-corrected chi connectivity index (χ4v) is 2.47. The van der Waals surface area contributed by atoms with E-state index in [1.54, 1.807) is 13.0 Å². The molecule has 102 valence electrons. The molecule has 1 aliphatic rings. The average molecular weight is 265 g/mol. The van der Waals surface area contributed by atoms with Gasteiger partial charge in [-0.1, -0.05) is 11.6 Å². The third-order valence-corrected chi connectivity index (χ3v) is 3.40. The zero-order valence-electron chi connectivity index (χ0n) is 10.7. The Morgan fingerprint density at radius 2 is 2.21 bits per heavy atom. The van der Waals surface area contributed by atoms with Gasteiger partial charge in [0.1, 0.15) is 5.82 Å². The molecule has 1 fully saturated rings. The van der Waals surface area contributed by atoms with Gasteiger partial charge in [-0.25, -0.2) is 4.39 Å². The van der Waals surface area contributed by atoms with E-state index in [0.29, 0.717) is 13.0 Å². The van der Waals surface area contributed by atoms with Crippen LogP contribution in [0, 0.1) is 12.7 Å². The van der Waals surface area contributed by atoms with Crippen LogP contribution < -0.4 is 0 Å². The van der Waals surface area contributed by atoms with Gasteiger partial charge in [-0.05, 0) is 31.9 Å². The van der Waals surface area contributed by atoms with Crippen LogP contribution in [0.15, 0.2) is 18.2 Å². The average Bonchev–Trinajstić information content (AvgIpc) is 2.78. The summed E-state index contributed by atoms with van der Waals surface area (Å²) in [5.41, 5.74) is 0.830. The SMILES string of the molecule is Cc1ccc(F)c(C(=O)N2CCCC2CC(=O)O)c1. The molecule has 5 heteroatoms. The Bertz CT molecular complexity index is 515. The number of aliphatic carboxylic acids is 1. The van der Waals surface area contributed by atoms with E-state index in [2.05, 4.69) is 0 Å². The van der Waals surface area contributed by atoms with Crippen molar-refractivity contribution < 1.29 is 19.1 Å². The topological polar surface area (TPSA) is 57.6 Å². The van der Waals surface area contributed by atoms with Crippen LogP contribution in [0.4, 0.5) is 4.39 Å². The molecule has 0 aliphatic carbocycles. The van der Waals surface area contributed by atoms with Gasteiger partial charge in [-0.2, -0.15) is 0 Å². The Balaban J connectivity index is 2.23. The third kappa shape index (κ3) is 2.92. The van der Waals surface area contributed by atoms with Crippen molar-refractivity contribution in [1.29, 1.82) is 0 Å². The highest BCUT2D eigenvalue weighted by atomic mass is 19.1. The summed E-state index contributed by atoms with van der Waals surface area (Å²) in [5, 5.41) is 8.83. The first-order valence-electron chi connectivity index (χ1n) is 6.28. The van der Waals surface area contributed by atoms with Crippen molar-refractivity contribution >= 4 is 11.9 Å². The van der Waals surface area contributed by atoms with Crippen molar-refractivity contribution in [2.75, 3.05) is 6.54 Å². The number of carbonyl (C=O) groups is 2. The quantitative estimate of drug-likeness (QED) is 0.911. The first-order chi connectivity index (χ1) is 8.99. The number of rotatable bonds is 3. The van der Waals surface area contributed by atoms with Gasteiger partial charge in [0.2, 0.25) is 0 Å². The summed E-state index contributed by atoms with van der Waals surface area (Å²) in [6.07, 6.45) is 1.34. The lowest BCUT2D eigenvalue weighted by Crippen LogP contribution is -2.37. The fraction of sp³-hybridized carbons (Fsp3) is 0.429. The monoisotopic (exact) mass is 265 g/mol. The molecule has 1 N–H and O–H groups in total. The number of aryl methyl sites for hydroxylation is 1. The smallest absolute Gasteiger partial charge is 0.305 e. The van der Waals surface area contributed by atoms with E-state index < -0.39 is 17.7 Å². The Hall–Kier alpha value is -1.91. The van der Waals surface area contributed by atoms with Gasteiger partial charge < -0.3 is 10.0 Å². The minimum absolute atomic E-state index is 0.0253. The standard InChI is InChI=1S/C14H16FNO3/c1-9-4-5-12(15)11(7-9)14(19)16-6-2-3-10(16)8-13(17)18/h4-5,7,10H,2-3,6,8H2,1H3,(H,17,18). The largest absolute Gasteiger partial charge is 0.481 e. The lowest BCUT2D eigenvalue weighted by Gasteiger charge is -2.23. The van der Waals surface area contributed by atoms with Crippen LogP contribution in [0.3, 0.4) is 0 Å². The van der Waals surface area contributed by atoms with Crippen molar-refractivity contribution in [3.63, 3.8) is 0 Å². The van der Waals surface area contributed by atoms with Crippen LogP contribution in [0.2, 0.25) is 0 Å². The molecule has 2 rings (SSSR count). The molecule has 1 unspecified atom stereocenters. The van der Waals surface area contributed by atoms with E-state index in [9.17, 15) is 14.0 Å². The molecule has 0 bridgehead atoms. The first-order valence-corrected chi connectivity index (χ1v) is 6.28. The van der Waals surface area contributed by atoms with Crippen molar-refractivity contribution in [3.05, 3.63) is 35.1 Å². The number of nitrogens with zero attached hydrogens (tertiary/aromatic N) is 1. The molecule has 0 saturated carbocycles. The maximum atomic E-state index is 13.7. The molecule has 4 nitrogen and oxygen atoms in total. The Kier molecular flexibility index (Phi) is 3.83. The summed E-state index contributed by atoms with van der Waals surface area (Å²) in [4.78, 5) is 24.6. The van der Waals surface area contributed by atoms with Crippen LogP contribution in [0.1, 0.15) is 35.2 Å². The van der Waals surface area contributed by atoms with Crippen LogP contribution in [0.25, 0.3) is 0 Å². The van der Waals surface area contributed by atoms with E-state index in [-0.39, 0.29) is 18.0 Å². The fourth-order valence-electron chi connectivity index (χ4n) is 2.47. The number of hydrogen-bond donors (Lipinski definition) is 1. The summed E-state index contributed by atoms with van der Waals surface area (Å²) in [5.74, 6) is -1.91. The number of carbonyl (C=O) groups excluding carboxylic acids is 1. The summed E-state index contributed by atoms with van der Waals surface area (Å²) in [6, 6.07) is 4.05. The highest BCUT2D eigenvalue weighted by Gasteiger charge is 2.32. The molecule has 1 aliphatic heterocycles. The normalized spacial score (nSPS) is 18.6. The second-order valence-electron chi connectivity index (χ2n) is 4.88. The zero-order valence-corrected chi connectivity index (χ0v) is 10.7. The molecule has 1 saturated heterocycles. The highest BCUT2D eigenvalue weighted by molar-refractivity contribution is 5.95. The zero-order chi connectivity index (χ0) is 14.0. The second-order valence-corrected chi connectivity index (χ2v) is 4.88. The minimum atomic E-state index is -0.936. The van der Waals surface area contributed by atoms with E-state index >= 15 is 0 Å². The molecule has 1 amide bonds. The maximum Gasteiger partial charge on any atom is 0.305 e. The maximum absolute atomic E-state index is 13.7. The molecule has 1 heterocycles. The van der Waals surface area contributed by atoms with Crippen molar-refractivity contribution in [2.24, 2.45) is 0 Å². The first kappa shape index (κ1) is 13.5. The number of hydrogen-bond acceptors (Lipinski definition) is 2. The molecule has 1 aromatic carbocycles. The van der Waals surface area contributed by atoms with E-state index in [4.69, 9.17) is 5.11 Å². The molecular weight excluding hydrogens is 249 g/mol. The van der Waals surface area contributed by atoms with Gasteiger partial charge >= 0.3 is 5.97 Å². The third-order valence-electron chi connectivity index (χ3n) is 3.40. The van der Waals surface area contributed by atoms with Gasteiger partial charge in [0.15, 0.2) is 0 Å². The molecule has 1 aromatic rings. The lowest BCUT2D eigenvalue weighted by atomic mass is 10.1. The van der Waals surface area contributed by atoms with E-state index in [1.807, 2.05) is 0 Å². The summed E-state index contributed by atoms with van der Waals surface area (Å²) >= 11 is 0. The Morgan fingerprint density at radius 3 is 2.89 bits per heavy atom. The molecule has 19 heavy (non-hydrogen) atoms. The van der Waals surface area contributed by atoms with Gasteiger partial charge in [0.05, 0.1) is 12.0 Å². The summed E-state index contributed by atoms with van der Waals surface area (Å²) in [7, 11) is 0. The van der Waals surface area contributed by atoms with Crippen LogP contribution in [0.5, 0.6) is 0 Å². The van der Waals surface area contributed by atoms with Crippen LogP contribution in [-0.4, -0.2) is 34.5 Å². The van der Waals surface area contributed by atoms with Crippen molar-refractivity contribution in [3.8, 4) is 0 Å². The molecule has 0 radical (unpaired) electrons. The molecule has 1 atom stereocenters. The number of halogens is 1. The summed E-state index contributed by atoms with van der Waals surface area (Å²) in [6.45, 7) is 2.28. The number of carboxylic acid groups (broad SMARTS) is 1. The van der Waals surface area contributed by atoms with Gasteiger partial charge in [0, 0.05) is 12.6 Å². The predicted octanol–water partition coefficient (Wildman–Crippen LogP) is 2.21. The van der Waals surface area contributed by atoms with Crippen molar-refractivity contribution in [2.45, 2.75) is 32.2 Å². The van der Waals surface area contributed by atoms with Gasteiger partial charge in [-0.15, -0.1) is 0 Å². The Labute approximate surface area is 110 Å². The van der Waals surface area contributed by atoms with Crippen LogP contribution in [-0.2, 0) is 4.79 Å². The second kappa shape index (κ2) is 5.38. The van der Waals surface area contributed by atoms with E-state index in [0.717, 1.165) is 12.0 Å². The number of amides is 1. The predicted molar refractivity (Wildman–Crippen MR) is 67.4 cm³/mol.